The molecule has 1 aromatic heterocycles. The van der Waals surface area contributed by atoms with Gasteiger partial charge in [0.05, 0.1) is 32.2 Å². The van der Waals surface area contributed by atoms with Crippen molar-refractivity contribution in [1.82, 2.24) is 19.8 Å². The number of likely N-dealkylation sites (N-methyl/N-ethyl adjacent to an activating group) is 1. The minimum atomic E-state index is -0.919. The average molecular weight is 525 g/mol. The Labute approximate surface area is 216 Å². The van der Waals surface area contributed by atoms with Crippen molar-refractivity contribution in [3.8, 4) is 5.69 Å². The van der Waals surface area contributed by atoms with E-state index < -0.39 is 29.1 Å². The Balaban J connectivity index is 1.63. The second-order valence-electron chi connectivity index (χ2n) is 8.11. The van der Waals surface area contributed by atoms with E-state index in [1.54, 1.807) is 61.6 Å². The molecule has 2 amide bonds. The summed E-state index contributed by atoms with van der Waals surface area (Å²) < 4.78 is 2.52. The number of rotatable bonds is 6. The first kappa shape index (κ1) is 25.2. The molecule has 0 unspecified atom stereocenters. The molecule has 0 saturated heterocycles. The van der Waals surface area contributed by atoms with Crippen molar-refractivity contribution in [3.63, 3.8) is 0 Å². The Bertz CT molecular complexity index is 1570. The number of hydrogen-bond donors (Lipinski definition) is 2. The number of hydrogen-bond acceptors (Lipinski definition) is 4. The number of halogens is 2. The fraction of sp³-hybridized carbons (Fsp3) is 0.154. The molecule has 2 N–H and O–H groups in total. The molecule has 184 valence electrons. The predicted octanol–water partition coefficient (Wildman–Crippen LogP) is 3.08. The summed E-state index contributed by atoms with van der Waals surface area (Å²) in [5.74, 6) is -0.989. The molecule has 0 bridgehead atoms. The van der Waals surface area contributed by atoms with Crippen LogP contribution in [0.5, 0.6) is 0 Å². The SMILES string of the molecule is CNC(=O)[C@H](Cc1ccc(-n2c(=O)c3ccccc3n(C)c2=O)cc1)NC(=O)c1c(Cl)cccc1Cl. The number of aryl methyl sites for hydroxylation is 1. The first-order valence-corrected chi connectivity index (χ1v) is 11.7. The van der Waals surface area contributed by atoms with Gasteiger partial charge in [-0.05, 0) is 42.0 Å². The van der Waals surface area contributed by atoms with Crippen LogP contribution in [0.4, 0.5) is 0 Å². The highest BCUT2D eigenvalue weighted by atomic mass is 35.5. The van der Waals surface area contributed by atoms with Gasteiger partial charge < -0.3 is 10.6 Å². The molecule has 36 heavy (non-hydrogen) atoms. The summed E-state index contributed by atoms with van der Waals surface area (Å²) in [6.45, 7) is 0. The fourth-order valence-electron chi connectivity index (χ4n) is 3.98. The summed E-state index contributed by atoms with van der Waals surface area (Å²) in [7, 11) is 3.08. The van der Waals surface area contributed by atoms with Gasteiger partial charge in [-0.1, -0.05) is 53.5 Å². The van der Waals surface area contributed by atoms with Gasteiger partial charge in [0.1, 0.15) is 6.04 Å². The minimum Gasteiger partial charge on any atom is -0.357 e. The molecule has 1 heterocycles. The highest BCUT2D eigenvalue weighted by molar-refractivity contribution is 6.39. The first-order chi connectivity index (χ1) is 17.2. The summed E-state index contributed by atoms with van der Waals surface area (Å²) in [5, 5.41) is 5.97. The van der Waals surface area contributed by atoms with Crippen molar-refractivity contribution in [3.05, 3.63) is 109 Å². The maximum atomic E-state index is 13.0. The van der Waals surface area contributed by atoms with Crippen LogP contribution in [0.1, 0.15) is 15.9 Å². The van der Waals surface area contributed by atoms with Gasteiger partial charge in [-0.25, -0.2) is 9.36 Å². The first-order valence-electron chi connectivity index (χ1n) is 11.0. The molecule has 3 aromatic carbocycles. The summed E-state index contributed by atoms with van der Waals surface area (Å²) >= 11 is 12.3. The maximum Gasteiger partial charge on any atom is 0.335 e. The van der Waals surface area contributed by atoms with E-state index in [0.717, 1.165) is 4.57 Å². The number of nitrogens with one attached hydrogen (secondary N) is 2. The molecule has 1 atom stereocenters. The van der Waals surface area contributed by atoms with Crippen molar-refractivity contribution < 1.29 is 9.59 Å². The zero-order valence-corrected chi connectivity index (χ0v) is 20.9. The zero-order valence-electron chi connectivity index (χ0n) is 19.4. The smallest absolute Gasteiger partial charge is 0.335 e. The number of carbonyl (C=O) groups is 2. The van der Waals surface area contributed by atoms with Crippen molar-refractivity contribution >= 4 is 45.9 Å². The molecule has 0 aliphatic heterocycles. The van der Waals surface area contributed by atoms with E-state index in [0.29, 0.717) is 22.2 Å². The third-order valence-corrected chi connectivity index (χ3v) is 6.50. The molecular formula is C26H22Cl2N4O4. The van der Waals surface area contributed by atoms with Gasteiger partial charge in [0.25, 0.3) is 11.5 Å². The van der Waals surface area contributed by atoms with Crippen LogP contribution in [0.25, 0.3) is 16.6 Å². The summed E-state index contributed by atoms with van der Waals surface area (Å²) in [6, 6.07) is 17.3. The van der Waals surface area contributed by atoms with Crippen molar-refractivity contribution in [2.45, 2.75) is 12.5 Å². The number of benzene rings is 3. The van der Waals surface area contributed by atoms with E-state index in [-0.39, 0.29) is 22.0 Å². The molecule has 8 nitrogen and oxygen atoms in total. The monoisotopic (exact) mass is 524 g/mol. The lowest BCUT2D eigenvalue weighted by atomic mass is 10.0. The van der Waals surface area contributed by atoms with Gasteiger partial charge in [-0.2, -0.15) is 0 Å². The number of fused-ring (bicyclic) bond motifs is 1. The molecule has 0 aliphatic carbocycles. The van der Waals surface area contributed by atoms with Crippen LogP contribution in [0.2, 0.25) is 10.0 Å². The Morgan fingerprint density at radius 2 is 1.56 bits per heavy atom. The Morgan fingerprint density at radius 3 is 2.19 bits per heavy atom. The van der Waals surface area contributed by atoms with Gasteiger partial charge in [0.15, 0.2) is 0 Å². The van der Waals surface area contributed by atoms with E-state index >= 15 is 0 Å². The summed E-state index contributed by atoms with van der Waals surface area (Å²) in [5.41, 5.74) is 0.814. The second-order valence-corrected chi connectivity index (χ2v) is 8.92. The number of para-hydroxylation sites is 1. The minimum absolute atomic E-state index is 0.0802. The van der Waals surface area contributed by atoms with Crippen LogP contribution in [0.15, 0.2) is 76.3 Å². The van der Waals surface area contributed by atoms with Crippen molar-refractivity contribution in [1.29, 1.82) is 0 Å². The van der Waals surface area contributed by atoms with E-state index in [4.69, 9.17) is 23.2 Å². The molecular weight excluding hydrogens is 503 g/mol. The quantitative estimate of drug-likeness (QED) is 0.404. The van der Waals surface area contributed by atoms with Crippen LogP contribution in [-0.4, -0.2) is 34.0 Å². The molecule has 4 rings (SSSR count). The normalized spacial score (nSPS) is 11.8. The molecule has 0 fully saturated rings. The van der Waals surface area contributed by atoms with Gasteiger partial charge in [-0.15, -0.1) is 0 Å². The predicted molar refractivity (Wildman–Crippen MR) is 140 cm³/mol. The highest BCUT2D eigenvalue weighted by Gasteiger charge is 2.24. The van der Waals surface area contributed by atoms with Crippen LogP contribution in [0, 0.1) is 0 Å². The molecule has 0 saturated carbocycles. The van der Waals surface area contributed by atoms with E-state index in [1.165, 1.54) is 23.7 Å². The molecule has 10 heteroatoms. The Morgan fingerprint density at radius 1 is 0.917 bits per heavy atom. The number of nitrogens with zero attached hydrogens (tertiary/aromatic N) is 2. The van der Waals surface area contributed by atoms with E-state index in [9.17, 15) is 19.2 Å². The molecule has 0 spiro atoms. The lowest BCUT2D eigenvalue weighted by molar-refractivity contribution is -0.122. The van der Waals surface area contributed by atoms with Gasteiger partial charge >= 0.3 is 5.69 Å². The largest absolute Gasteiger partial charge is 0.357 e. The standard InChI is InChI=1S/C26H22Cl2N4O4/c1-29-23(33)20(30-24(34)22-18(27)7-5-8-19(22)28)14-15-10-12-16(13-11-15)32-25(35)17-6-3-4-9-21(17)31(2)26(32)36/h3-13,20H,14H2,1-2H3,(H,29,33)(H,30,34)/t20-/m0/s1. The number of amides is 2. The zero-order chi connectivity index (χ0) is 26.0. The molecule has 0 aliphatic rings. The van der Waals surface area contributed by atoms with Crippen molar-refractivity contribution in [2.75, 3.05) is 7.05 Å². The molecule has 0 radical (unpaired) electrons. The van der Waals surface area contributed by atoms with Crippen LogP contribution < -0.4 is 21.9 Å². The van der Waals surface area contributed by atoms with Crippen LogP contribution in [0.3, 0.4) is 0 Å². The van der Waals surface area contributed by atoms with E-state index in [1.807, 2.05) is 0 Å². The van der Waals surface area contributed by atoms with Gasteiger partial charge in [0, 0.05) is 20.5 Å². The fourth-order valence-corrected chi connectivity index (χ4v) is 4.55. The van der Waals surface area contributed by atoms with E-state index in [2.05, 4.69) is 10.6 Å². The third kappa shape index (κ3) is 4.78. The lowest BCUT2D eigenvalue weighted by Crippen LogP contribution is -2.47. The van der Waals surface area contributed by atoms with Crippen molar-refractivity contribution in [2.24, 2.45) is 7.05 Å². The number of carbonyl (C=O) groups excluding carboxylic acids is 2. The van der Waals surface area contributed by atoms with Gasteiger partial charge in [-0.3, -0.25) is 19.0 Å². The summed E-state index contributed by atoms with van der Waals surface area (Å²) in [4.78, 5) is 51.3. The Hall–Kier alpha value is -3.88. The second kappa shape index (κ2) is 10.4. The molecule has 4 aromatic rings. The topological polar surface area (TPSA) is 102 Å². The number of aromatic nitrogens is 2. The third-order valence-electron chi connectivity index (χ3n) is 5.87. The Kier molecular flexibility index (Phi) is 7.28. The maximum absolute atomic E-state index is 13.0. The van der Waals surface area contributed by atoms with Gasteiger partial charge in [0.2, 0.25) is 5.91 Å². The lowest BCUT2D eigenvalue weighted by Gasteiger charge is -2.18. The average Bonchev–Trinajstić information content (AvgIpc) is 2.87. The van der Waals surface area contributed by atoms with Crippen LogP contribution >= 0.6 is 23.2 Å². The van der Waals surface area contributed by atoms with Crippen LogP contribution in [-0.2, 0) is 18.3 Å². The summed E-state index contributed by atoms with van der Waals surface area (Å²) in [6.07, 6.45) is 0.151. The highest BCUT2D eigenvalue weighted by Crippen LogP contribution is 2.24.